The second kappa shape index (κ2) is 4.65. The van der Waals surface area contributed by atoms with Gasteiger partial charge >= 0.3 is 6.18 Å². The zero-order valence-electron chi connectivity index (χ0n) is 7.98. The molecule has 0 N–H and O–H groups in total. The normalized spacial score (nSPS) is 11.6. The van der Waals surface area contributed by atoms with E-state index in [1.54, 1.807) is 6.26 Å². The summed E-state index contributed by atoms with van der Waals surface area (Å²) in [6, 6.07) is 2.09. The highest BCUT2D eigenvalue weighted by Gasteiger charge is 2.32. The van der Waals surface area contributed by atoms with Crippen LogP contribution in [0.1, 0.15) is 5.56 Å². The van der Waals surface area contributed by atoms with Gasteiger partial charge in [0.1, 0.15) is 5.75 Å². The Morgan fingerprint density at radius 2 is 1.93 bits per heavy atom. The van der Waals surface area contributed by atoms with Crippen molar-refractivity contribution in [2.24, 2.45) is 0 Å². The summed E-state index contributed by atoms with van der Waals surface area (Å²) >= 11 is 4.26. The summed E-state index contributed by atoms with van der Waals surface area (Å²) in [6.07, 6.45) is -2.64. The van der Waals surface area contributed by atoms with E-state index in [2.05, 4.69) is 15.9 Å². The minimum atomic E-state index is -4.33. The monoisotopic (exact) mass is 300 g/mol. The van der Waals surface area contributed by atoms with Crippen molar-refractivity contribution in [2.45, 2.75) is 11.1 Å². The first-order valence-electron chi connectivity index (χ1n) is 3.89. The maximum atomic E-state index is 12.4. The van der Waals surface area contributed by atoms with Crippen LogP contribution in [0.2, 0.25) is 0 Å². The summed E-state index contributed by atoms with van der Waals surface area (Å²) in [5.74, 6) is 0.426. The first kappa shape index (κ1) is 12.7. The lowest BCUT2D eigenvalue weighted by Gasteiger charge is -2.13. The van der Waals surface area contributed by atoms with Crippen LogP contribution in [-0.2, 0) is 6.18 Å². The Morgan fingerprint density at radius 1 is 1.33 bits per heavy atom. The Bertz CT molecular complexity index is 365. The number of halogens is 4. The summed E-state index contributed by atoms with van der Waals surface area (Å²) in [7, 11) is 1.42. The summed E-state index contributed by atoms with van der Waals surface area (Å²) < 4.78 is 42.7. The Labute approximate surface area is 98.1 Å². The third-order valence-electron chi connectivity index (χ3n) is 1.76. The van der Waals surface area contributed by atoms with Crippen LogP contribution >= 0.6 is 27.7 Å². The third kappa shape index (κ3) is 2.81. The van der Waals surface area contributed by atoms with Gasteiger partial charge in [-0.15, -0.1) is 11.8 Å². The molecule has 1 aromatic carbocycles. The Morgan fingerprint density at radius 3 is 2.33 bits per heavy atom. The molecule has 0 heterocycles. The van der Waals surface area contributed by atoms with Gasteiger partial charge in [-0.05, 0) is 34.3 Å². The van der Waals surface area contributed by atoms with Crippen molar-refractivity contribution in [3.05, 3.63) is 22.2 Å². The summed E-state index contributed by atoms with van der Waals surface area (Å²) in [6.45, 7) is 0. The molecule has 0 bridgehead atoms. The van der Waals surface area contributed by atoms with Gasteiger partial charge in [0.15, 0.2) is 0 Å². The maximum Gasteiger partial charge on any atom is 0.416 e. The fourth-order valence-corrected chi connectivity index (χ4v) is 2.46. The molecule has 1 aromatic rings. The second-order valence-electron chi connectivity index (χ2n) is 2.69. The van der Waals surface area contributed by atoms with Crippen LogP contribution in [0.3, 0.4) is 0 Å². The van der Waals surface area contributed by atoms with E-state index in [1.807, 2.05) is 0 Å². The fraction of sp³-hybridized carbons (Fsp3) is 0.333. The lowest BCUT2D eigenvalue weighted by atomic mass is 10.2. The van der Waals surface area contributed by atoms with Crippen LogP contribution < -0.4 is 4.74 Å². The third-order valence-corrected chi connectivity index (χ3v) is 3.09. The molecule has 6 heteroatoms. The van der Waals surface area contributed by atoms with Gasteiger partial charge in [-0.2, -0.15) is 13.2 Å². The highest BCUT2D eigenvalue weighted by Crippen LogP contribution is 2.40. The molecule has 0 aliphatic heterocycles. The van der Waals surface area contributed by atoms with E-state index >= 15 is 0 Å². The fourth-order valence-electron chi connectivity index (χ4n) is 1.08. The molecule has 0 amide bonds. The number of hydrogen-bond donors (Lipinski definition) is 0. The van der Waals surface area contributed by atoms with Crippen LogP contribution in [0.25, 0.3) is 0 Å². The first-order valence-corrected chi connectivity index (χ1v) is 5.90. The average Bonchev–Trinajstić information content (AvgIpc) is 2.15. The number of rotatable bonds is 2. The molecule has 0 aliphatic carbocycles. The molecule has 0 aliphatic rings. The maximum absolute atomic E-state index is 12.4. The predicted octanol–water partition coefficient (Wildman–Crippen LogP) is 4.20. The van der Waals surface area contributed by atoms with Gasteiger partial charge in [0.2, 0.25) is 0 Å². The van der Waals surface area contributed by atoms with E-state index in [-0.39, 0.29) is 0 Å². The second-order valence-corrected chi connectivity index (χ2v) is 4.39. The molecule has 0 fully saturated rings. The summed E-state index contributed by atoms with van der Waals surface area (Å²) in [5.41, 5.74) is -0.681. The standard InChI is InChI=1S/C9H8BrF3OS/c1-14-8-6(10)3-5(9(11,12)13)4-7(8)15-2/h3-4H,1-2H3. The van der Waals surface area contributed by atoms with E-state index < -0.39 is 11.7 Å². The number of hydrogen-bond acceptors (Lipinski definition) is 2. The SMILES string of the molecule is COc1c(Br)cc(C(F)(F)F)cc1SC. The molecule has 15 heavy (non-hydrogen) atoms. The Kier molecular flexibility index (Phi) is 3.94. The van der Waals surface area contributed by atoms with Crippen molar-refractivity contribution >= 4 is 27.7 Å². The summed E-state index contributed by atoms with van der Waals surface area (Å²) in [5, 5.41) is 0. The van der Waals surface area contributed by atoms with Gasteiger partial charge in [0, 0.05) is 0 Å². The van der Waals surface area contributed by atoms with E-state index in [9.17, 15) is 13.2 Å². The minimum Gasteiger partial charge on any atom is -0.494 e. The van der Waals surface area contributed by atoms with Crippen molar-refractivity contribution < 1.29 is 17.9 Å². The molecular weight excluding hydrogens is 293 g/mol. The van der Waals surface area contributed by atoms with Gasteiger partial charge in [0.25, 0.3) is 0 Å². The van der Waals surface area contributed by atoms with Crippen LogP contribution in [0.5, 0.6) is 5.75 Å². The smallest absolute Gasteiger partial charge is 0.416 e. The van der Waals surface area contributed by atoms with Crippen LogP contribution in [0.15, 0.2) is 21.5 Å². The largest absolute Gasteiger partial charge is 0.494 e. The quantitative estimate of drug-likeness (QED) is 0.757. The van der Waals surface area contributed by atoms with E-state index in [1.165, 1.54) is 18.9 Å². The lowest BCUT2D eigenvalue weighted by Crippen LogP contribution is -2.05. The molecule has 0 saturated carbocycles. The molecule has 1 nitrogen and oxygen atoms in total. The molecule has 0 atom stereocenters. The Balaban J connectivity index is 3.32. The van der Waals surface area contributed by atoms with Gasteiger partial charge in [-0.25, -0.2) is 0 Å². The van der Waals surface area contributed by atoms with Crippen molar-refractivity contribution in [2.75, 3.05) is 13.4 Å². The van der Waals surface area contributed by atoms with Crippen molar-refractivity contribution in [3.63, 3.8) is 0 Å². The Hall–Kier alpha value is -0.360. The molecular formula is C9H8BrF3OS. The summed E-state index contributed by atoms with van der Waals surface area (Å²) in [4.78, 5) is 0.458. The van der Waals surface area contributed by atoms with Gasteiger partial charge in [0.05, 0.1) is 22.0 Å². The predicted molar refractivity (Wildman–Crippen MR) is 57.5 cm³/mol. The first-order chi connectivity index (χ1) is 6.90. The highest BCUT2D eigenvalue weighted by atomic mass is 79.9. The number of methoxy groups -OCH3 is 1. The van der Waals surface area contributed by atoms with E-state index in [4.69, 9.17) is 4.74 Å². The topological polar surface area (TPSA) is 9.23 Å². The zero-order valence-corrected chi connectivity index (χ0v) is 10.4. The molecule has 0 aromatic heterocycles. The average molecular weight is 301 g/mol. The molecule has 0 radical (unpaired) electrons. The minimum absolute atomic E-state index is 0.309. The van der Waals surface area contributed by atoms with Gasteiger partial charge in [-0.1, -0.05) is 0 Å². The highest BCUT2D eigenvalue weighted by molar-refractivity contribution is 9.10. The molecule has 0 spiro atoms. The van der Waals surface area contributed by atoms with Gasteiger partial charge in [-0.3, -0.25) is 0 Å². The molecule has 84 valence electrons. The zero-order chi connectivity index (χ0) is 11.6. The molecule has 0 unspecified atom stereocenters. The van der Waals surface area contributed by atoms with Crippen molar-refractivity contribution in [1.82, 2.24) is 0 Å². The van der Waals surface area contributed by atoms with E-state index in [0.29, 0.717) is 15.1 Å². The van der Waals surface area contributed by atoms with Gasteiger partial charge < -0.3 is 4.74 Å². The van der Waals surface area contributed by atoms with Crippen molar-refractivity contribution in [1.29, 1.82) is 0 Å². The number of benzene rings is 1. The van der Waals surface area contributed by atoms with Crippen LogP contribution in [-0.4, -0.2) is 13.4 Å². The number of thioether (sulfide) groups is 1. The van der Waals surface area contributed by atoms with Crippen LogP contribution in [0, 0.1) is 0 Å². The lowest BCUT2D eigenvalue weighted by molar-refractivity contribution is -0.137. The molecule has 0 saturated heterocycles. The number of alkyl halides is 3. The van der Waals surface area contributed by atoms with E-state index in [0.717, 1.165) is 12.1 Å². The van der Waals surface area contributed by atoms with Crippen molar-refractivity contribution in [3.8, 4) is 5.75 Å². The van der Waals surface area contributed by atoms with Crippen LogP contribution in [0.4, 0.5) is 13.2 Å². The molecule has 1 rings (SSSR count). The number of ether oxygens (including phenoxy) is 1.